The molecule has 112 valence electrons. The summed E-state index contributed by atoms with van der Waals surface area (Å²) >= 11 is 0. The average Bonchev–Trinajstić information content (AvgIpc) is 2.96. The molecule has 0 aliphatic rings. The molecule has 1 amide bonds. The van der Waals surface area contributed by atoms with E-state index in [2.05, 4.69) is 15.3 Å². The van der Waals surface area contributed by atoms with Gasteiger partial charge in [-0.05, 0) is 30.3 Å². The monoisotopic (exact) mass is 306 g/mol. The van der Waals surface area contributed by atoms with Crippen LogP contribution in [-0.4, -0.2) is 27.0 Å². The summed E-state index contributed by atoms with van der Waals surface area (Å²) in [6, 6.07) is 12.9. The number of rotatable bonds is 3. The van der Waals surface area contributed by atoms with Gasteiger partial charge in [0.1, 0.15) is 5.52 Å². The molecule has 7 heteroatoms. The number of aromatic amines is 1. The zero-order valence-electron chi connectivity index (χ0n) is 11.7. The number of carboxylic acids is 1. The van der Waals surface area contributed by atoms with Crippen molar-refractivity contribution >= 4 is 28.9 Å². The Morgan fingerprint density at radius 3 is 2.74 bits per heavy atom. The summed E-state index contributed by atoms with van der Waals surface area (Å²) in [7, 11) is 0. The zero-order valence-corrected chi connectivity index (χ0v) is 11.7. The Bertz CT molecular complexity index is 969. The third-order valence-corrected chi connectivity index (χ3v) is 3.23. The molecule has 0 aliphatic heterocycles. The maximum atomic E-state index is 12.2. The maximum absolute atomic E-state index is 12.2. The molecule has 1 heterocycles. The molecule has 0 spiro atoms. The van der Waals surface area contributed by atoms with Crippen molar-refractivity contribution in [1.82, 2.24) is 9.97 Å². The molecule has 2 aromatic carbocycles. The van der Waals surface area contributed by atoms with Crippen LogP contribution < -0.4 is 5.32 Å². The Morgan fingerprint density at radius 2 is 2.00 bits per heavy atom. The van der Waals surface area contributed by atoms with Gasteiger partial charge in [0.25, 0.3) is 5.91 Å². The van der Waals surface area contributed by atoms with Crippen LogP contribution in [0.4, 0.5) is 5.95 Å². The maximum Gasteiger partial charge on any atom is 0.337 e. The van der Waals surface area contributed by atoms with Gasteiger partial charge in [-0.3, -0.25) is 10.1 Å². The molecule has 3 N–H and O–H groups in total. The Kier molecular flexibility index (Phi) is 3.49. The number of nitrogens with one attached hydrogen (secondary N) is 2. The molecule has 0 saturated carbocycles. The van der Waals surface area contributed by atoms with Crippen molar-refractivity contribution in [1.29, 1.82) is 5.26 Å². The van der Waals surface area contributed by atoms with Gasteiger partial charge in [0, 0.05) is 5.56 Å². The van der Waals surface area contributed by atoms with Crippen LogP contribution in [0.3, 0.4) is 0 Å². The van der Waals surface area contributed by atoms with Gasteiger partial charge in [-0.2, -0.15) is 5.26 Å². The molecule has 3 rings (SSSR count). The molecule has 0 aliphatic carbocycles. The highest BCUT2D eigenvalue weighted by Crippen LogP contribution is 2.19. The highest BCUT2D eigenvalue weighted by atomic mass is 16.4. The van der Waals surface area contributed by atoms with E-state index in [1.54, 1.807) is 30.3 Å². The number of carbonyl (C=O) groups excluding carboxylic acids is 1. The molecule has 0 radical (unpaired) electrons. The van der Waals surface area contributed by atoms with E-state index in [4.69, 9.17) is 10.4 Å². The first-order chi connectivity index (χ1) is 11.1. The van der Waals surface area contributed by atoms with E-state index in [0.717, 1.165) is 0 Å². The number of fused-ring (bicyclic) bond motifs is 1. The van der Waals surface area contributed by atoms with Crippen LogP contribution in [0.5, 0.6) is 0 Å². The number of para-hydroxylation sites is 1. The molecule has 0 bridgehead atoms. The lowest BCUT2D eigenvalue weighted by molar-refractivity contribution is 0.0698. The Morgan fingerprint density at radius 1 is 1.22 bits per heavy atom. The number of benzene rings is 2. The number of carboxylic acid groups (broad SMARTS) is 1. The Hall–Kier alpha value is -3.66. The fourth-order valence-corrected chi connectivity index (χ4v) is 2.17. The standard InChI is InChI=1S/C16H10N4O3/c17-8-9-3-1-4-10(7-9)14(21)20-16-18-12-6-2-5-11(15(22)23)13(12)19-16/h1-7H,(H,22,23)(H2,18,19,20,21). The molecule has 23 heavy (non-hydrogen) atoms. The van der Waals surface area contributed by atoms with Gasteiger partial charge in [-0.1, -0.05) is 12.1 Å². The fraction of sp³-hybridized carbons (Fsp3) is 0. The second-order valence-electron chi connectivity index (χ2n) is 4.74. The molecule has 0 fully saturated rings. The minimum Gasteiger partial charge on any atom is -0.478 e. The number of amides is 1. The van der Waals surface area contributed by atoms with Crippen LogP contribution in [0.25, 0.3) is 11.0 Å². The summed E-state index contributed by atoms with van der Waals surface area (Å²) in [5.74, 6) is -1.40. The quantitative estimate of drug-likeness (QED) is 0.686. The molecular weight excluding hydrogens is 296 g/mol. The summed E-state index contributed by atoms with van der Waals surface area (Å²) < 4.78 is 0. The Balaban J connectivity index is 1.92. The number of H-pyrrole nitrogens is 1. The zero-order chi connectivity index (χ0) is 16.4. The third-order valence-electron chi connectivity index (χ3n) is 3.23. The molecule has 0 unspecified atom stereocenters. The van der Waals surface area contributed by atoms with Crippen molar-refractivity contribution in [3.63, 3.8) is 0 Å². The number of aromatic carboxylic acids is 1. The molecule has 1 aromatic heterocycles. The lowest BCUT2D eigenvalue weighted by atomic mass is 10.1. The number of carbonyl (C=O) groups is 2. The van der Waals surface area contributed by atoms with Crippen molar-refractivity contribution in [2.75, 3.05) is 5.32 Å². The molecule has 0 atom stereocenters. The van der Waals surface area contributed by atoms with E-state index in [1.165, 1.54) is 12.1 Å². The summed E-state index contributed by atoms with van der Waals surface area (Å²) in [6.45, 7) is 0. The van der Waals surface area contributed by atoms with Crippen LogP contribution >= 0.6 is 0 Å². The highest BCUT2D eigenvalue weighted by molar-refractivity contribution is 6.05. The number of anilines is 1. The molecule has 3 aromatic rings. The van der Waals surface area contributed by atoms with E-state index >= 15 is 0 Å². The first kappa shape index (κ1) is 14.3. The predicted octanol–water partition coefficient (Wildman–Crippen LogP) is 2.39. The molecule has 0 saturated heterocycles. The largest absolute Gasteiger partial charge is 0.478 e. The highest BCUT2D eigenvalue weighted by Gasteiger charge is 2.14. The number of aromatic nitrogens is 2. The van der Waals surface area contributed by atoms with E-state index in [-0.39, 0.29) is 17.0 Å². The van der Waals surface area contributed by atoms with Crippen molar-refractivity contribution < 1.29 is 14.7 Å². The summed E-state index contributed by atoms with van der Waals surface area (Å²) in [5.41, 5.74) is 1.50. The molecular formula is C16H10N4O3. The van der Waals surface area contributed by atoms with Gasteiger partial charge in [0.2, 0.25) is 5.95 Å². The smallest absolute Gasteiger partial charge is 0.337 e. The van der Waals surface area contributed by atoms with Crippen molar-refractivity contribution in [3.05, 3.63) is 59.2 Å². The van der Waals surface area contributed by atoms with Crippen molar-refractivity contribution in [2.45, 2.75) is 0 Å². The molecule has 7 nitrogen and oxygen atoms in total. The first-order valence-electron chi connectivity index (χ1n) is 6.62. The van der Waals surface area contributed by atoms with Crippen LogP contribution in [0, 0.1) is 11.3 Å². The van der Waals surface area contributed by atoms with Crippen LogP contribution in [0.2, 0.25) is 0 Å². The van der Waals surface area contributed by atoms with E-state index in [1.807, 2.05) is 6.07 Å². The minimum atomic E-state index is -1.10. The lowest BCUT2D eigenvalue weighted by Gasteiger charge is -2.01. The van der Waals surface area contributed by atoms with E-state index < -0.39 is 11.9 Å². The summed E-state index contributed by atoms with van der Waals surface area (Å²) in [4.78, 5) is 30.3. The average molecular weight is 306 g/mol. The number of hydrogen-bond acceptors (Lipinski definition) is 4. The SMILES string of the molecule is N#Cc1cccc(C(=O)Nc2nc3c(C(=O)O)cccc3[nH]2)c1. The minimum absolute atomic E-state index is 0.0470. The second kappa shape index (κ2) is 5.61. The fourth-order valence-electron chi connectivity index (χ4n) is 2.17. The van der Waals surface area contributed by atoms with Crippen LogP contribution in [0.1, 0.15) is 26.3 Å². The van der Waals surface area contributed by atoms with Crippen LogP contribution in [0.15, 0.2) is 42.5 Å². The third kappa shape index (κ3) is 2.73. The van der Waals surface area contributed by atoms with Gasteiger partial charge in [0.05, 0.1) is 22.7 Å². The number of imidazole rings is 1. The van der Waals surface area contributed by atoms with Gasteiger partial charge in [0.15, 0.2) is 0 Å². The van der Waals surface area contributed by atoms with Gasteiger partial charge in [-0.25, -0.2) is 9.78 Å². The number of nitrogens with zero attached hydrogens (tertiary/aromatic N) is 2. The lowest BCUT2D eigenvalue weighted by Crippen LogP contribution is -2.13. The van der Waals surface area contributed by atoms with E-state index in [0.29, 0.717) is 16.6 Å². The van der Waals surface area contributed by atoms with Gasteiger partial charge in [-0.15, -0.1) is 0 Å². The van der Waals surface area contributed by atoms with Crippen LogP contribution in [-0.2, 0) is 0 Å². The summed E-state index contributed by atoms with van der Waals surface area (Å²) in [6.07, 6.45) is 0. The Labute approximate surface area is 130 Å². The van der Waals surface area contributed by atoms with Crippen molar-refractivity contribution in [2.24, 2.45) is 0 Å². The topological polar surface area (TPSA) is 119 Å². The van der Waals surface area contributed by atoms with Gasteiger partial charge >= 0.3 is 5.97 Å². The summed E-state index contributed by atoms with van der Waals surface area (Å²) in [5, 5.41) is 20.6. The van der Waals surface area contributed by atoms with Crippen molar-refractivity contribution in [3.8, 4) is 6.07 Å². The first-order valence-corrected chi connectivity index (χ1v) is 6.62. The number of nitriles is 1. The number of hydrogen-bond donors (Lipinski definition) is 3. The normalized spacial score (nSPS) is 10.2. The second-order valence-corrected chi connectivity index (χ2v) is 4.74. The predicted molar refractivity (Wildman–Crippen MR) is 82.2 cm³/mol. The van der Waals surface area contributed by atoms with E-state index in [9.17, 15) is 9.59 Å². The van der Waals surface area contributed by atoms with Gasteiger partial charge < -0.3 is 10.1 Å².